The molecule has 1 N–H and O–H groups in total. The normalized spacial score (nSPS) is 10.7. The first kappa shape index (κ1) is 19.0. The number of benzene rings is 3. The third-order valence-corrected chi connectivity index (χ3v) is 4.99. The van der Waals surface area contributed by atoms with Gasteiger partial charge in [0.05, 0.1) is 14.2 Å². The number of methoxy groups -OCH3 is 2. The molecule has 0 aliphatic carbocycles. The Kier molecular flexibility index (Phi) is 5.49. The van der Waals surface area contributed by atoms with Crippen LogP contribution in [0, 0.1) is 0 Å². The SMILES string of the molecule is COc1ccc(CNc2ncc3cc(-c4ccccc4Cl)cc(OC)c3n2)cc1. The maximum Gasteiger partial charge on any atom is 0.223 e. The van der Waals surface area contributed by atoms with Crippen LogP contribution in [0.1, 0.15) is 5.56 Å². The van der Waals surface area contributed by atoms with Gasteiger partial charge in [0.1, 0.15) is 17.0 Å². The van der Waals surface area contributed by atoms with Crippen LogP contribution in [0.25, 0.3) is 22.0 Å². The molecule has 29 heavy (non-hydrogen) atoms. The second kappa shape index (κ2) is 8.37. The Hall–Kier alpha value is -3.31. The molecule has 1 aromatic heterocycles. The van der Waals surface area contributed by atoms with E-state index < -0.39 is 0 Å². The van der Waals surface area contributed by atoms with E-state index in [1.54, 1.807) is 20.4 Å². The van der Waals surface area contributed by atoms with E-state index in [2.05, 4.69) is 15.3 Å². The van der Waals surface area contributed by atoms with Gasteiger partial charge in [0.15, 0.2) is 0 Å². The summed E-state index contributed by atoms with van der Waals surface area (Å²) in [7, 11) is 3.29. The number of hydrogen-bond acceptors (Lipinski definition) is 5. The molecule has 1 heterocycles. The molecule has 0 aliphatic heterocycles. The Morgan fingerprint density at radius 3 is 2.48 bits per heavy atom. The summed E-state index contributed by atoms with van der Waals surface area (Å²) in [6.45, 7) is 0.607. The largest absolute Gasteiger partial charge is 0.497 e. The number of anilines is 1. The average molecular weight is 406 g/mol. The second-order valence-electron chi connectivity index (χ2n) is 6.49. The van der Waals surface area contributed by atoms with E-state index in [0.717, 1.165) is 33.3 Å². The number of nitrogens with zero attached hydrogens (tertiary/aromatic N) is 2. The minimum Gasteiger partial charge on any atom is -0.497 e. The summed E-state index contributed by atoms with van der Waals surface area (Å²) in [5.41, 5.74) is 3.75. The molecule has 0 atom stereocenters. The van der Waals surface area contributed by atoms with Crippen molar-refractivity contribution in [3.63, 3.8) is 0 Å². The Morgan fingerprint density at radius 2 is 1.76 bits per heavy atom. The summed E-state index contributed by atoms with van der Waals surface area (Å²) in [6.07, 6.45) is 1.79. The van der Waals surface area contributed by atoms with Crippen molar-refractivity contribution < 1.29 is 9.47 Å². The number of nitrogens with one attached hydrogen (secondary N) is 1. The maximum atomic E-state index is 6.36. The molecule has 0 spiro atoms. The minimum absolute atomic E-state index is 0.539. The minimum atomic E-state index is 0.539. The third kappa shape index (κ3) is 4.10. The fourth-order valence-electron chi connectivity index (χ4n) is 3.13. The fourth-order valence-corrected chi connectivity index (χ4v) is 3.37. The van der Waals surface area contributed by atoms with Crippen LogP contribution in [0.2, 0.25) is 5.02 Å². The Bertz CT molecular complexity index is 1150. The lowest BCUT2D eigenvalue weighted by Crippen LogP contribution is -2.04. The van der Waals surface area contributed by atoms with E-state index in [-0.39, 0.29) is 0 Å². The molecule has 146 valence electrons. The van der Waals surface area contributed by atoms with Crippen LogP contribution < -0.4 is 14.8 Å². The van der Waals surface area contributed by atoms with Crippen molar-refractivity contribution in [2.75, 3.05) is 19.5 Å². The zero-order chi connectivity index (χ0) is 20.2. The van der Waals surface area contributed by atoms with E-state index in [0.29, 0.717) is 23.3 Å². The molecule has 6 heteroatoms. The highest BCUT2D eigenvalue weighted by atomic mass is 35.5. The Balaban J connectivity index is 1.63. The molecule has 5 nitrogen and oxygen atoms in total. The van der Waals surface area contributed by atoms with Gasteiger partial charge >= 0.3 is 0 Å². The summed E-state index contributed by atoms with van der Waals surface area (Å²) < 4.78 is 10.8. The van der Waals surface area contributed by atoms with Crippen LogP contribution >= 0.6 is 11.6 Å². The lowest BCUT2D eigenvalue weighted by Gasteiger charge is -2.12. The summed E-state index contributed by atoms with van der Waals surface area (Å²) in [6, 6.07) is 19.6. The highest BCUT2D eigenvalue weighted by molar-refractivity contribution is 6.33. The van der Waals surface area contributed by atoms with Crippen LogP contribution in [-0.2, 0) is 6.54 Å². The third-order valence-electron chi connectivity index (χ3n) is 4.66. The number of ether oxygens (including phenoxy) is 2. The predicted octanol–water partition coefficient (Wildman–Crippen LogP) is 5.58. The molecule has 0 unspecified atom stereocenters. The van der Waals surface area contributed by atoms with Crippen molar-refractivity contribution in [2.45, 2.75) is 6.54 Å². The highest BCUT2D eigenvalue weighted by Crippen LogP contribution is 2.34. The van der Waals surface area contributed by atoms with Crippen LogP contribution in [0.5, 0.6) is 11.5 Å². The first-order valence-electron chi connectivity index (χ1n) is 9.14. The smallest absolute Gasteiger partial charge is 0.223 e. The summed E-state index contributed by atoms with van der Waals surface area (Å²) >= 11 is 6.36. The van der Waals surface area contributed by atoms with Crippen molar-refractivity contribution in [3.8, 4) is 22.6 Å². The first-order valence-corrected chi connectivity index (χ1v) is 9.52. The van der Waals surface area contributed by atoms with Crippen LogP contribution in [-0.4, -0.2) is 24.2 Å². The average Bonchev–Trinajstić information content (AvgIpc) is 2.77. The maximum absolute atomic E-state index is 6.36. The van der Waals surface area contributed by atoms with E-state index in [1.165, 1.54) is 0 Å². The molecule has 0 fully saturated rings. The van der Waals surface area contributed by atoms with Crippen LogP contribution in [0.3, 0.4) is 0 Å². The van der Waals surface area contributed by atoms with Gasteiger partial charge in [-0.15, -0.1) is 0 Å². The fraction of sp³-hybridized carbons (Fsp3) is 0.130. The van der Waals surface area contributed by atoms with Gasteiger partial charge in [0.25, 0.3) is 0 Å². The van der Waals surface area contributed by atoms with Gasteiger partial charge in [-0.25, -0.2) is 9.97 Å². The number of halogens is 1. The number of hydrogen-bond donors (Lipinski definition) is 1. The number of aromatic nitrogens is 2. The molecule has 0 saturated carbocycles. The predicted molar refractivity (Wildman–Crippen MR) is 117 cm³/mol. The van der Waals surface area contributed by atoms with Gasteiger partial charge in [-0.05, 0) is 41.5 Å². The summed E-state index contributed by atoms with van der Waals surface area (Å²) in [5.74, 6) is 2.04. The standard InChI is InChI=1S/C23H20ClN3O2/c1-28-18-9-7-15(8-10-18)13-25-23-26-14-17-11-16(12-21(29-2)22(17)27-23)19-5-3-4-6-20(19)24/h3-12,14H,13H2,1-2H3,(H,25,26,27). The van der Waals surface area contributed by atoms with E-state index >= 15 is 0 Å². The zero-order valence-corrected chi connectivity index (χ0v) is 16.9. The summed E-state index contributed by atoms with van der Waals surface area (Å²) in [4.78, 5) is 9.10. The molecule has 4 rings (SSSR count). The highest BCUT2D eigenvalue weighted by Gasteiger charge is 2.11. The molecule has 4 aromatic rings. The van der Waals surface area contributed by atoms with Gasteiger partial charge in [0, 0.05) is 28.7 Å². The van der Waals surface area contributed by atoms with Gasteiger partial charge in [-0.2, -0.15) is 0 Å². The molecule has 0 aliphatic rings. The van der Waals surface area contributed by atoms with Gasteiger partial charge in [-0.1, -0.05) is 41.9 Å². The molecular formula is C23H20ClN3O2. The van der Waals surface area contributed by atoms with Crippen molar-refractivity contribution in [2.24, 2.45) is 0 Å². The second-order valence-corrected chi connectivity index (χ2v) is 6.90. The van der Waals surface area contributed by atoms with E-state index in [1.807, 2.05) is 60.7 Å². The molecule has 0 amide bonds. The van der Waals surface area contributed by atoms with Crippen molar-refractivity contribution in [3.05, 3.63) is 77.4 Å². The Morgan fingerprint density at radius 1 is 0.966 bits per heavy atom. The number of fused-ring (bicyclic) bond motifs is 1. The molecule has 0 bridgehead atoms. The van der Waals surface area contributed by atoms with Gasteiger partial charge in [-0.3, -0.25) is 0 Å². The van der Waals surface area contributed by atoms with Crippen LogP contribution in [0.15, 0.2) is 66.9 Å². The summed E-state index contributed by atoms with van der Waals surface area (Å²) in [5, 5.41) is 4.83. The monoisotopic (exact) mass is 405 g/mol. The lowest BCUT2D eigenvalue weighted by atomic mass is 10.0. The van der Waals surface area contributed by atoms with Crippen molar-refractivity contribution in [1.29, 1.82) is 0 Å². The number of rotatable bonds is 6. The van der Waals surface area contributed by atoms with Crippen molar-refractivity contribution in [1.82, 2.24) is 9.97 Å². The van der Waals surface area contributed by atoms with Gasteiger partial charge in [0.2, 0.25) is 5.95 Å². The first-order chi connectivity index (χ1) is 14.2. The molecule has 0 radical (unpaired) electrons. The van der Waals surface area contributed by atoms with E-state index in [4.69, 9.17) is 21.1 Å². The quantitative estimate of drug-likeness (QED) is 0.453. The molecular weight excluding hydrogens is 386 g/mol. The Labute approximate surface area is 174 Å². The zero-order valence-electron chi connectivity index (χ0n) is 16.1. The van der Waals surface area contributed by atoms with Gasteiger partial charge < -0.3 is 14.8 Å². The van der Waals surface area contributed by atoms with E-state index in [9.17, 15) is 0 Å². The van der Waals surface area contributed by atoms with Crippen LogP contribution in [0.4, 0.5) is 5.95 Å². The molecule has 3 aromatic carbocycles. The topological polar surface area (TPSA) is 56.3 Å². The van der Waals surface area contributed by atoms with Crippen molar-refractivity contribution >= 4 is 28.5 Å². The lowest BCUT2D eigenvalue weighted by molar-refractivity contribution is 0.414. The molecule has 0 saturated heterocycles.